The minimum absolute atomic E-state index is 0.169. The second kappa shape index (κ2) is 6.87. The highest BCUT2D eigenvalue weighted by atomic mass is 16.7. The van der Waals surface area contributed by atoms with E-state index in [-0.39, 0.29) is 11.8 Å². The van der Waals surface area contributed by atoms with E-state index in [1.807, 2.05) is 25.1 Å². The molecule has 0 aromatic heterocycles. The van der Waals surface area contributed by atoms with E-state index in [1.54, 1.807) is 0 Å². The van der Waals surface area contributed by atoms with Crippen LogP contribution in [0.2, 0.25) is 0 Å². The highest BCUT2D eigenvalue weighted by Gasteiger charge is 2.80. The molecule has 3 aliphatic rings. The lowest BCUT2D eigenvalue weighted by molar-refractivity contribution is -0.294. The van der Waals surface area contributed by atoms with Crippen LogP contribution < -0.4 is 0 Å². The quantitative estimate of drug-likeness (QED) is 0.821. The molecule has 0 spiro atoms. The van der Waals surface area contributed by atoms with Gasteiger partial charge in [-0.15, -0.1) is 0 Å². The second-order valence-electron chi connectivity index (χ2n) is 8.38. The number of benzene rings is 1. The number of ether oxygens (including phenoxy) is 2. The Morgan fingerprint density at radius 1 is 1.14 bits per heavy atom. The molecule has 1 saturated carbocycles. The van der Waals surface area contributed by atoms with Gasteiger partial charge in [0.05, 0.1) is 30.2 Å². The molecular formula is C23H24N4O2. The average Bonchev–Trinajstić information content (AvgIpc) is 2.96. The molecule has 29 heavy (non-hydrogen) atoms. The van der Waals surface area contributed by atoms with Crippen molar-refractivity contribution >= 4 is 5.90 Å². The van der Waals surface area contributed by atoms with Crippen LogP contribution >= 0.6 is 0 Å². The summed E-state index contributed by atoms with van der Waals surface area (Å²) in [6, 6.07) is 16.6. The van der Waals surface area contributed by atoms with Crippen molar-refractivity contribution in [2.75, 3.05) is 0 Å². The number of nitrogens with zero attached hydrogens (tertiary/aromatic N) is 3. The normalized spacial score (nSPS) is 36.8. The number of nitriles is 3. The van der Waals surface area contributed by atoms with E-state index in [4.69, 9.17) is 14.9 Å². The van der Waals surface area contributed by atoms with E-state index in [2.05, 4.69) is 30.3 Å². The van der Waals surface area contributed by atoms with Gasteiger partial charge in [0.2, 0.25) is 11.7 Å². The molecule has 5 atom stereocenters. The molecule has 1 aliphatic carbocycles. The van der Waals surface area contributed by atoms with Crippen LogP contribution in [0.4, 0.5) is 0 Å². The van der Waals surface area contributed by atoms with Gasteiger partial charge in [0, 0.05) is 6.42 Å². The fourth-order valence-electron chi connectivity index (χ4n) is 5.63. The summed E-state index contributed by atoms with van der Waals surface area (Å²) in [4.78, 5) is 0. The van der Waals surface area contributed by atoms with Gasteiger partial charge in [-0.25, -0.2) is 0 Å². The third kappa shape index (κ3) is 2.38. The van der Waals surface area contributed by atoms with Crippen LogP contribution in [0.5, 0.6) is 0 Å². The molecule has 148 valence electrons. The van der Waals surface area contributed by atoms with Gasteiger partial charge >= 0.3 is 0 Å². The maximum absolute atomic E-state index is 10.3. The third-order valence-electron chi connectivity index (χ3n) is 7.11. The minimum atomic E-state index is -1.75. The van der Waals surface area contributed by atoms with E-state index in [0.29, 0.717) is 19.3 Å². The topological polar surface area (TPSA) is 114 Å². The van der Waals surface area contributed by atoms with Gasteiger partial charge in [-0.2, -0.15) is 15.8 Å². The summed E-state index contributed by atoms with van der Waals surface area (Å²) in [5.41, 5.74) is -2.20. The molecule has 2 saturated heterocycles. The van der Waals surface area contributed by atoms with Gasteiger partial charge in [0.25, 0.3) is 0 Å². The summed E-state index contributed by atoms with van der Waals surface area (Å²) in [5, 5.41) is 39.3. The predicted molar refractivity (Wildman–Crippen MR) is 104 cm³/mol. The zero-order valence-electron chi connectivity index (χ0n) is 16.5. The lowest BCUT2D eigenvalue weighted by Crippen LogP contribution is -2.63. The molecule has 2 bridgehead atoms. The molecule has 3 fully saturated rings. The summed E-state index contributed by atoms with van der Waals surface area (Å²) < 4.78 is 12.4. The fraction of sp³-hybridized carbons (Fsp3) is 0.565. The molecule has 6 nitrogen and oxygen atoms in total. The fourth-order valence-corrected chi connectivity index (χ4v) is 5.63. The molecule has 1 aromatic carbocycles. The predicted octanol–water partition coefficient (Wildman–Crippen LogP) is 4.41. The van der Waals surface area contributed by atoms with Gasteiger partial charge in [0.15, 0.2) is 10.8 Å². The Morgan fingerprint density at radius 2 is 1.86 bits per heavy atom. The summed E-state index contributed by atoms with van der Waals surface area (Å²) in [6.07, 6.45) is 3.31. The number of nitrogens with one attached hydrogen (secondary N) is 1. The zero-order chi connectivity index (χ0) is 20.7. The molecule has 1 aromatic rings. The van der Waals surface area contributed by atoms with Crippen molar-refractivity contribution in [3.63, 3.8) is 0 Å². The second-order valence-corrected chi connectivity index (χ2v) is 8.38. The van der Waals surface area contributed by atoms with Crippen LogP contribution in [0.3, 0.4) is 0 Å². The van der Waals surface area contributed by atoms with Crippen LogP contribution in [0.15, 0.2) is 30.3 Å². The third-order valence-corrected chi connectivity index (χ3v) is 7.11. The van der Waals surface area contributed by atoms with Crippen molar-refractivity contribution in [3.8, 4) is 18.2 Å². The van der Waals surface area contributed by atoms with Crippen LogP contribution in [-0.4, -0.2) is 17.8 Å². The van der Waals surface area contributed by atoms with Gasteiger partial charge in [-0.3, -0.25) is 5.41 Å². The van der Waals surface area contributed by atoms with Crippen molar-refractivity contribution in [2.24, 2.45) is 16.7 Å². The SMILES string of the molecule is CCCCC1OC23CCC(c4ccccc4)CC2C(C#N)(C(=N)O3)C1(C#N)C#N. The van der Waals surface area contributed by atoms with Crippen molar-refractivity contribution in [3.05, 3.63) is 35.9 Å². The molecule has 5 unspecified atom stereocenters. The van der Waals surface area contributed by atoms with Crippen molar-refractivity contribution in [2.45, 2.75) is 63.3 Å². The first-order valence-corrected chi connectivity index (χ1v) is 10.3. The monoisotopic (exact) mass is 388 g/mol. The molecule has 4 rings (SSSR count). The van der Waals surface area contributed by atoms with Crippen molar-refractivity contribution in [1.82, 2.24) is 0 Å². The Bertz CT molecular complexity index is 926. The largest absolute Gasteiger partial charge is 0.447 e. The average molecular weight is 388 g/mol. The lowest BCUT2D eigenvalue weighted by atomic mass is 9.50. The summed E-state index contributed by atoms with van der Waals surface area (Å²) in [5.74, 6) is -1.72. The minimum Gasteiger partial charge on any atom is -0.447 e. The molecule has 0 amide bonds. The van der Waals surface area contributed by atoms with Crippen LogP contribution in [-0.2, 0) is 9.47 Å². The summed E-state index contributed by atoms with van der Waals surface area (Å²) in [6.45, 7) is 2.03. The Balaban J connectivity index is 1.83. The number of rotatable bonds is 4. The van der Waals surface area contributed by atoms with Gasteiger partial charge in [0.1, 0.15) is 0 Å². The number of hydrogen-bond donors (Lipinski definition) is 1. The first-order valence-electron chi connectivity index (χ1n) is 10.3. The zero-order valence-corrected chi connectivity index (χ0v) is 16.5. The molecule has 2 aliphatic heterocycles. The standard InChI is InChI=1S/C23H24N4O2/c1-2-3-9-19-21(13-24,14-25)22(15-26)18-12-17(16-7-5-4-6-8-16)10-11-23(18,28-19)29-20(22)27/h4-8,17-19,27H,2-3,9-12H2,1H3. The molecule has 1 N–H and O–H groups in total. The van der Waals surface area contributed by atoms with Crippen molar-refractivity contribution < 1.29 is 9.47 Å². The number of unbranched alkanes of at least 4 members (excludes halogenated alkanes) is 1. The highest BCUT2D eigenvalue weighted by Crippen LogP contribution is 2.68. The molecule has 2 heterocycles. The van der Waals surface area contributed by atoms with Crippen LogP contribution in [0.1, 0.15) is 56.9 Å². The molecular weight excluding hydrogens is 364 g/mol. The summed E-state index contributed by atoms with van der Waals surface area (Å²) in [7, 11) is 0. The molecule has 6 heteroatoms. The first-order chi connectivity index (χ1) is 14.0. The van der Waals surface area contributed by atoms with Crippen LogP contribution in [0, 0.1) is 56.2 Å². The number of hydrogen-bond acceptors (Lipinski definition) is 6. The highest BCUT2D eigenvalue weighted by molar-refractivity contribution is 5.89. The summed E-state index contributed by atoms with van der Waals surface area (Å²) >= 11 is 0. The Morgan fingerprint density at radius 3 is 2.48 bits per heavy atom. The van der Waals surface area contributed by atoms with E-state index >= 15 is 0 Å². The first kappa shape index (κ1) is 19.4. The van der Waals surface area contributed by atoms with Crippen LogP contribution in [0.25, 0.3) is 0 Å². The van der Waals surface area contributed by atoms with Gasteiger partial charge in [-0.05, 0) is 30.7 Å². The van der Waals surface area contributed by atoms with E-state index < -0.39 is 28.6 Å². The van der Waals surface area contributed by atoms with E-state index in [0.717, 1.165) is 24.8 Å². The lowest BCUT2D eigenvalue weighted by Gasteiger charge is -2.52. The van der Waals surface area contributed by atoms with E-state index in [1.165, 1.54) is 0 Å². The van der Waals surface area contributed by atoms with Crippen molar-refractivity contribution in [1.29, 1.82) is 21.2 Å². The maximum Gasteiger partial charge on any atom is 0.217 e. The molecule has 0 radical (unpaired) electrons. The van der Waals surface area contributed by atoms with E-state index in [9.17, 15) is 15.8 Å². The van der Waals surface area contributed by atoms with Gasteiger partial charge < -0.3 is 9.47 Å². The Hall–Kier alpha value is -2.88. The maximum atomic E-state index is 10.3. The Kier molecular flexibility index (Phi) is 4.60. The smallest absolute Gasteiger partial charge is 0.217 e. The van der Waals surface area contributed by atoms with Gasteiger partial charge in [-0.1, -0.05) is 50.1 Å². The Labute approximate surface area is 171 Å².